The number of aryl methyl sites for hydroxylation is 1. The molecule has 0 aromatic heterocycles. The SMILES string of the molecule is COC(=O)C(=O)N(C)c1c(C)cc(OC)c(C)c1C. The lowest BCUT2D eigenvalue weighted by atomic mass is 10.0. The lowest BCUT2D eigenvalue weighted by Gasteiger charge is -2.23. The van der Waals surface area contributed by atoms with Gasteiger partial charge < -0.3 is 14.4 Å². The molecule has 0 radical (unpaired) electrons. The molecule has 0 spiro atoms. The molecule has 0 aliphatic carbocycles. The minimum atomic E-state index is -0.880. The van der Waals surface area contributed by atoms with Crippen LogP contribution < -0.4 is 9.64 Å². The molecule has 19 heavy (non-hydrogen) atoms. The van der Waals surface area contributed by atoms with Crippen LogP contribution in [0.5, 0.6) is 5.75 Å². The highest BCUT2D eigenvalue weighted by atomic mass is 16.5. The Morgan fingerprint density at radius 1 is 1.11 bits per heavy atom. The van der Waals surface area contributed by atoms with E-state index in [1.54, 1.807) is 14.2 Å². The molecule has 0 saturated heterocycles. The van der Waals surface area contributed by atoms with E-state index in [0.29, 0.717) is 5.69 Å². The van der Waals surface area contributed by atoms with E-state index in [9.17, 15) is 9.59 Å². The lowest BCUT2D eigenvalue weighted by molar-refractivity contribution is -0.151. The quantitative estimate of drug-likeness (QED) is 0.604. The number of esters is 1. The number of carbonyl (C=O) groups excluding carboxylic acids is 2. The van der Waals surface area contributed by atoms with Crippen LogP contribution >= 0.6 is 0 Å². The number of nitrogens with zero attached hydrogens (tertiary/aromatic N) is 1. The maximum absolute atomic E-state index is 11.9. The average molecular weight is 265 g/mol. The Kier molecular flexibility index (Phi) is 4.53. The highest BCUT2D eigenvalue weighted by molar-refractivity contribution is 6.38. The van der Waals surface area contributed by atoms with Gasteiger partial charge in [-0.25, -0.2) is 4.79 Å². The zero-order valence-corrected chi connectivity index (χ0v) is 12.2. The predicted octanol–water partition coefficient (Wildman–Crippen LogP) is 1.76. The fourth-order valence-electron chi connectivity index (χ4n) is 2.09. The summed E-state index contributed by atoms with van der Waals surface area (Å²) in [6, 6.07) is 1.85. The van der Waals surface area contributed by atoms with Crippen LogP contribution in [0.2, 0.25) is 0 Å². The standard InChI is InChI=1S/C14H19NO4/c1-8-7-11(18-5)9(2)10(3)12(8)15(4)13(16)14(17)19-6/h7H,1-6H3. The molecule has 0 atom stereocenters. The van der Waals surface area contributed by atoms with E-state index in [0.717, 1.165) is 22.4 Å². The summed E-state index contributed by atoms with van der Waals surface area (Å²) in [5.41, 5.74) is 3.40. The Morgan fingerprint density at radius 3 is 2.16 bits per heavy atom. The van der Waals surface area contributed by atoms with Crippen molar-refractivity contribution < 1.29 is 19.1 Å². The Hall–Kier alpha value is -2.04. The van der Waals surface area contributed by atoms with Gasteiger partial charge in [-0.2, -0.15) is 0 Å². The summed E-state index contributed by atoms with van der Waals surface area (Å²) in [6.07, 6.45) is 0. The largest absolute Gasteiger partial charge is 0.496 e. The van der Waals surface area contributed by atoms with Crippen molar-refractivity contribution >= 4 is 17.6 Å². The highest BCUT2D eigenvalue weighted by Crippen LogP contribution is 2.33. The summed E-state index contributed by atoms with van der Waals surface area (Å²) in [5.74, 6) is -0.814. The highest BCUT2D eigenvalue weighted by Gasteiger charge is 2.24. The number of carbonyl (C=O) groups is 2. The van der Waals surface area contributed by atoms with E-state index in [1.165, 1.54) is 12.0 Å². The molecule has 1 amide bonds. The van der Waals surface area contributed by atoms with Gasteiger partial charge in [0.1, 0.15) is 5.75 Å². The maximum Gasteiger partial charge on any atom is 0.397 e. The summed E-state index contributed by atoms with van der Waals surface area (Å²) in [5, 5.41) is 0. The van der Waals surface area contributed by atoms with E-state index in [2.05, 4.69) is 4.74 Å². The summed E-state index contributed by atoms with van der Waals surface area (Å²) in [4.78, 5) is 24.5. The molecule has 0 fully saturated rings. The van der Waals surface area contributed by atoms with Crippen LogP contribution in [-0.4, -0.2) is 33.1 Å². The van der Waals surface area contributed by atoms with Crippen LogP contribution in [-0.2, 0) is 14.3 Å². The molecule has 0 aliphatic rings. The summed E-state index contributed by atoms with van der Waals surface area (Å²) < 4.78 is 9.73. The van der Waals surface area contributed by atoms with E-state index >= 15 is 0 Å². The fourth-order valence-corrected chi connectivity index (χ4v) is 2.09. The molecule has 1 aromatic rings. The normalized spacial score (nSPS) is 10.0. The first-order valence-electron chi connectivity index (χ1n) is 5.85. The number of benzene rings is 1. The topological polar surface area (TPSA) is 55.8 Å². The molecule has 5 nitrogen and oxygen atoms in total. The molecule has 0 heterocycles. The van der Waals surface area contributed by atoms with Crippen LogP contribution in [0.3, 0.4) is 0 Å². The molecular formula is C14H19NO4. The van der Waals surface area contributed by atoms with Crippen molar-refractivity contribution in [1.82, 2.24) is 0 Å². The van der Waals surface area contributed by atoms with Crippen molar-refractivity contribution in [2.45, 2.75) is 20.8 Å². The number of hydrogen-bond donors (Lipinski definition) is 0. The minimum Gasteiger partial charge on any atom is -0.496 e. The van der Waals surface area contributed by atoms with Crippen molar-refractivity contribution in [2.75, 3.05) is 26.2 Å². The second-order valence-corrected chi connectivity index (χ2v) is 4.35. The van der Waals surface area contributed by atoms with Gasteiger partial charge in [0, 0.05) is 7.05 Å². The number of hydrogen-bond acceptors (Lipinski definition) is 4. The zero-order valence-electron chi connectivity index (χ0n) is 12.2. The second-order valence-electron chi connectivity index (χ2n) is 4.35. The van der Waals surface area contributed by atoms with Crippen LogP contribution in [0.25, 0.3) is 0 Å². The van der Waals surface area contributed by atoms with E-state index in [4.69, 9.17) is 4.74 Å². The first-order chi connectivity index (χ1) is 8.84. The van der Waals surface area contributed by atoms with Crippen molar-refractivity contribution in [1.29, 1.82) is 0 Å². The van der Waals surface area contributed by atoms with Crippen molar-refractivity contribution in [2.24, 2.45) is 0 Å². The molecule has 1 rings (SSSR count). The Labute approximate surface area is 113 Å². The number of amides is 1. The number of ether oxygens (including phenoxy) is 2. The molecule has 0 bridgehead atoms. The van der Waals surface area contributed by atoms with Gasteiger partial charge in [0.2, 0.25) is 0 Å². The van der Waals surface area contributed by atoms with E-state index < -0.39 is 11.9 Å². The third-order valence-electron chi connectivity index (χ3n) is 3.23. The molecule has 0 saturated carbocycles. The van der Waals surface area contributed by atoms with Crippen LogP contribution in [0.15, 0.2) is 6.07 Å². The van der Waals surface area contributed by atoms with Crippen molar-refractivity contribution in [3.05, 3.63) is 22.8 Å². The number of methoxy groups -OCH3 is 2. The molecule has 0 N–H and O–H groups in total. The Morgan fingerprint density at radius 2 is 1.68 bits per heavy atom. The molecular weight excluding hydrogens is 246 g/mol. The van der Waals surface area contributed by atoms with Gasteiger partial charge in [-0.05, 0) is 43.5 Å². The number of rotatable bonds is 2. The van der Waals surface area contributed by atoms with E-state index in [1.807, 2.05) is 26.8 Å². The number of likely N-dealkylation sites (N-methyl/N-ethyl adjacent to an activating group) is 1. The van der Waals surface area contributed by atoms with Crippen LogP contribution in [0.4, 0.5) is 5.69 Å². The van der Waals surface area contributed by atoms with Gasteiger partial charge in [-0.1, -0.05) is 0 Å². The monoisotopic (exact) mass is 265 g/mol. The Bertz CT molecular complexity index is 523. The summed E-state index contributed by atoms with van der Waals surface area (Å²) in [6.45, 7) is 5.67. The van der Waals surface area contributed by atoms with Gasteiger partial charge >= 0.3 is 11.9 Å². The van der Waals surface area contributed by atoms with E-state index in [-0.39, 0.29) is 0 Å². The van der Waals surface area contributed by atoms with Crippen molar-refractivity contribution in [3.8, 4) is 5.75 Å². The maximum atomic E-state index is 11.9. The lowest BCUT2D eigenvalue weighted by Crippen LogP contribution is -2.35. The zero-order chi connectivity index (χ0) is 14.7. The molecule has 1 aromatic carbocycles. The van der Waals surface area contributed by atoms with Gasteiger partial charge in [0.15, 0.2) is 0 Å². The summed E-state index contributed by atoms with van der Waals surface area (Å²) >= 11 is 0. The minimum absolute atomic E-state index is 0.696. The summed E-state index contributed by atoms with van der Waals surface area (Å²) in [7, 11) is 4.35. The third-order valence-corrected chi connectivity index (χ3v) is 3.23. The van der Waals surface area contributed by atoms with Gasteiger partial charge in [0.05, 0.1) is 19.9 Å². The van der Waals surface area contributed by atoms with Crippen molar-refractivity contribution in [3.63, 3.8) is 0 Å². The molecule has 0 aliphatic heterocycles. The van der Waals surface area contributed by atoms with Crippen LogP contribution in [0.1, 0.15) is 16.7 Å². The molecule has 5 heteroatoms. The second kappa shape index (κ2) is 5.73. The molecule has 0 unspecified atom stereocenters. The third kappa shape index (κ3) is 2.70. The number of anilines is 1. The van der Waals surface area contributed by atoms with Gasteiger partial charge in [-0.3, -0.25) is 4.79 Å². The van der Waals surface area contributed by atoms with Gasteiger partial charge in [0.25, 0.3) is 0 Å². The smallest absolute Gasteiger partial charge is 0.397 e. The predicted molar refractivity (Wildman–Crippen MR) is 72.6 cm³/mol. The first-order valence-corrected chi connectivity index (χ1v) is 5.85. The van der Waals surface area contributed by atoms with Crippen LogP contribution in [0, 0.1) is 20.8 Å². The average Bonchev–Trinajstić information content (AvgIpc) is 2.40. The first kappa shape index (κ1) is 15.0. The van der Waals surface area contributed by atoms with Gasteiger partial charge in [-0.15, -0.1) is 0 Å². The fraction of sp³-hybridized carbons (Fsp3) is 0.429. The Balaban J connectivity index is 3.32. The molecule has 104 valence electrons.